The maximum absolute atomic E-state index is 12.1. The van der Waals surface area contributed by atoms with Gasteiger partial charge in [-0.1, -0.05) is 0 Å². The molecule has 20 nitrogen and oxygen atoms in total. The predicted molar refractivity (Wildman–Crippen MR) is 101 cm³/mol. The number of carbonyl (C=O) groups is 1. The zero-order valence-electron chi connectivity index (χ0n) is 16.3. The Morgan fingerprint density at radius 3 is 2.24 bits per heavy atom. The molecule has 1 aromatic heterocycles. The second-order valence-corrected chi connectivity index (χ2v) is 10.9. The zero-order chi connectivity index (χ0) is 26.2. The lowest BCUT2D eigenvalue weighted by Crippen LogP contribution is -2.40. The number of primary amides is 1. The number of aliphatic hydroxyl groups excluding tert-OH is 3. The van der Waals surface area contributed by atoms with Gasteiger partial charge in [-0.05, 0) is 0 Å². The molecule has 0 spiro atoms. The average molecular weight is 557 g/mol. The minimum absolute atomic E-state index is 0.279. The van der Waals surface area contributed by atoms with Crippen LogP contribution < -0.4 is 17.0 Å². The van der Waals surface area contributed by atoms with Crippen LogP contribution in [0.15, 0.2) is 15.8 Å². The quantitative estimate of drug-likeness (QED) is 0.124. The Hall–Kier alpha value is -1.60. The first-order valence-corrected chi connectivity index (χ1v) is 13.0. The highest BCUT2D eigenvalue weighted by Crippen LogP contribution is 2.66. The Kier molecular flexibility index (Phi) is 8.57. The summed E-state index contributed by atoms with van der Waals surface area (Å²) >= 11 is 0. The summed E-state index contributed by atoms with van der Waals surface area (Å²) in [6.07, 6.45) is -9.02. The molecule has 0 saturated carbocycles. The molecule has 1 aromatic rings. The minimum Gasteiger partial charge on any atom is -0.387 e. The summed E-state index contributed by atoms with van der Waals surface area (Å²) in [4.78, 5) is 72.2. The molecule has 10 N–H and O–H groups in total. The van der Waals surface area contributed by atoms with E-state index in [9.17, 15) is 48.3 Å². The Balaban J connectivity index is 2.19. The third-order valence-electron chi connectivity index (χ3n) is 4.00. The van der Waals surface area contributed by atoms with E-state index in [4.69, 9.17) is 25.2 Å². The van der Waals surface area contributed by atoms with Crippen molar-refractivity contribution < 1.29 is 71.3 Å². The second-order valence-electron chi connectivity index (χ2n) is 6.49. The first-order valence-electron chi connectivity index (χ1n) is 8.46. The number of ether oxygens (including phenoxy) is 1. The molecule has 1 aliphatic heterocycles. The van der Waals surface area contributed by atoms with Gasteiger partial charge in [-0.3, -0.25) is 23.7 Å². The third-order valence-corrected chi connectivity index (χ3v) is 7.80. The van der Waals surface area contributed by atoms with Crippen LogP contribution in [0, 0.1) is 0 Å². The van der Waals surface area contributed by atoms with Crippen molar-refractivity contribution in [3.05, 3.63) is 32.6 Å². The van der Waals surface area contributed by atoms with Crippen molar-refractivity contribution in [3.8, 4) is 0 Å². The van der Waals surface area contributed by atoms with Crippen LogP contribution in [0.2, 0.25) is 0 Å². The van der Waals surface area contributed by atoms with Crippen LogP contribution in [0.4, 0.5) is 0 Å². The van der Waals surface area contributed by atoms with Gasteiger partial charge >= 0.3 is 29.2 Å². The first kappa shape index (κ1) is 28.6. The molecular weight excluding hydrogens is 539 g/mol. The number of H-pyrrole nitrogens is 1. The molecule has 0 bridgehead atoms. The summed E-state index contributed by atoms with van der Waals surface area (Å²) in [5.41, 5.74) is 1.83. The molecule has 2 heterocycles. The summed E-state index contributed by atoms with van der Waals surface area (Å²) in [6.45, 7) is -1.17. The third kappa shape index (κ3) is 7.20. The minimum atomic E-state index is -5.81. The van der Waals surface area contributed by atoms with Gasteiger partial charge < -0.3 is 45.4 Å². The Labute approximate surface area is 186 Å². The van der Waals surface area contributed by atoms with Gasteiger partial charge in [0.15, 0.2) is 0 Å². The van der Waals surface area contributed by atoms with Gasteiger partial charge in [0.2, 0.25) is 6.23 Å². The number of hydrogen-bond acceptors (Lipinski definition) is 13. The Bertz CT molecular complexity index is 1190. The van der Waals surface area contributed by atoms with Crippen molar-refractivity contribution in [2.75, 3.05) is 6.61 Å². The van der Waals surface area contributed by atoms with Crippen molar-refractivity contribution in [2.24, 2.45) is 5.73 Å². The molecule has 2 rings (SSSR count). The summed E-state index contributed by atoms with van der Waals surface area (Å²) in [5, 5.41) is 29.9. The summed E-state index contributed by atoms with van der Waals surface area (Å²) in [5.74, 6) is -1.39. The van der Waals surface area contributed by atoms with Crippen LogP contribution in [-0.2, 0) is 36.4 Å². The van der Waals surface area contributed by atoms with Crippen molar-refractivity contribution in [2.45, 2.75) is 30.6 Å². The van der Waals surface area contributed by atoms with Crippen LogP contribution >= 0.6 is 23.5 Å². The van der Waals surface area contributed by atoms with Gasteiger partial charge in [0.25, 0.3) is 11.5 Å². The highest BCUT2D eigenvalue weighted by molar-refractivity contribution is 7.66. The maximum atomic E-state index is 12.1. The SMILES string of the molecule is NC(=O)C(O)n1cc([C@@H]2O[C@H](COP(=O)(O)OP(=O)(O)OP(=O)(O)O)C(O)C2O)c(=O)[nH]c1=O. The van der Waals surface area contributed by atoms with Crippen LogP contribution in [0.1, 0.15) is 17.9 Å². The molecule has 34 heavy (non-hydrogen) atoms. The molecule has 1 fully saturated rings. The fourth-order valence-electron chi connectivity index (χ4n) is 2.64. The number of aromatic nitrogens is 2. The molecule has 1 saturated heterocycles. The van der Waals surface area contributed by atoms with Crippen LogP contribution in [-0.4, -0.2) is 75.3 Å². The van der Waals surface area contributed by atoms with Crippen molar-refractivity contribution in [3.63, 3.8) is 0 Å². The lowest BCUT2D eigenvalue weighted by Gasteiger charge is -2.19. The van der Waals surface area contributed by atoms with E-state index in [2.05, 4.69) is 13.1 Å². The van der Waals surface area contributed by atoms with E-state index in [0.717, 1.165) is 0 Å². The smallest absolute Gasteiger partial charge is 0.387 e. The highest BCUT2D eigenvalue weighted by atomic mass is 31.3. The van der Waals surface area contributed by atoms with Crippen molar-refractivity contribution in [1.82, 2.24) is 9.55 Å². The number of nitrogens with one attached hydrogen (secondary N) is 1. The number of carbonyl (C=O) groups excluding carboxylic acids is 1. The molecule has 0 aliphatic carbocycles. The lowest BCUT2D eigenvalue weighted by molar-refractivity contribution is -0.130. The van der Waals surface area contributed by atoms with E-state index in [1.165, 1.54) is 0 Å². The second kappa shape index (κ2) is 10.2. The van der Waals surface area contributed by atoms with Gasteiger partial charge in [-0.25, -0.2) is 18.5 Å². The average Bonchev–Trinajstić information content (AvgIpc) is 2.91. The number of phosphoric ester groups is 1. The number of amides is 1. The molecular formula is C11H18N3O17P3. The topological polar surface area (TPSA) is 328 Å². The number of nitrogens with zero attached hydrogens (tertiary/aromatic N) is 1. The monoisotopic (exact) mass is 557 g/mol. The largest absolute Gasteiger partial charge is 0.490 e. The van der Waals surface area contributed by atoms with E-state index in [1.54, 1.807) is 4.98 Å². The van der Waals surface area contributed by atoms with E-state index < -0.39 is 83.4 Å². The van der Waals surface area contributed by atoms with Crippen molar-refractivity contribution in [1.29, 1.82) is 0 Å². The fraction of sp³-hybridized carbons (Fsp3) is 0.545. The molecule has 1 amide bonds. The highest BCUT2D eigenvalue weighted by Gasteiger charge is 2.47. The summed E-state index contributed by atoms with van der Waals surface area (Å²) in [6, 6.07) is 0. The molecule has 23 heteroatoms. The first-order chi connectivity index (χ1) is 15.3. The summed E-state index contributed by atoms with van der Waals surface area (Å²) < 4.78 is 50.4. The van der Waals surface area contributed by atoms with Crippen molar-refractivity contribution >= 4 is 29.4 Å². The number of phosphoric acid groups is 3. The number of aromatic amines is 1. The zero-order valence-corrected chi connectivity index (χ0v) is 18.9. The molecule has 194 valence electrons. The standard InChI is InChI=1S/C11H18N3O17P3/c12-8(17)10(19)14-1-3(9(18)13-11(14)20)7-6(16)5(15)4(29-7)2-28-33(24,25)31-34(26,27)30-32(21,22)23/h1,4-7,10,15-16,19H,2H2,(H2,12,17)(H,24,25)(H,26,27)(H,13,18,20)(H2,21,22,23)/t4-,5?,6?,7+,10?/m1/s1. The molecule has 0 aromatic carbocycles. The Morgan fingerprint density at radius 1 is 1.12 bits per heavy atom. The number of hydrogen-bond donors (Lipinski definition) is 9. The number of aliphatic hydroxyl groups is 3. The fourth-order valence-corrected chi connectivity index (χ4v) is 5.67. The van der Waals surface area contributed by atoms with Gasteiger partial charge in [0, 0.05) is 6.20 Å². The Morgan fingerprint density at radius 2 is 1.71 bits per heavy atom. The van der Waals surface area contributed by atoms with Crippen LogP contribution in [0.5, 0.6) is 0 Å². The van der Waals surface area contributed by atoms with E-state index in [-0.39, 0.29) is 4.57 Å². The predicted octanol–water partition coefficient (Wildman–Crippen LogP) is -3.98. The van der Waals surface area contributed by atoms with Gasteiger partial charge in [0.1, 0.15) is 24.4 Å². The number of nitrogens with two attached hydrogens (primary N) is 1. The molecule has 7 atom stereocenters. The molecule has 5 unspecified atom stereocenters. The summed E-state index contributed by atoms with van der Waals surface area (Å²) in [7, 11) is -17.0. The van der Waals surface area contributed by atoms with Crippen LogP contribution in [0.25, 0.3) is 0 Å². The van der Waals surface area contributed by atoms with Gasteiger partial charge in [-0.15, -0.1) is 0 Å². The molecule has 0 radical (unpaired) electrons. The number of rotatable bonds is 10. The van der Waals surface area contributed by atoms with E-state index >= 15 is 0 Å². The van der Waals surface area contributed by atoms with Crippen LogP contribution in [0.3, 0.4) is 0 Å². The lowest BCUT2D eigenvalue weighted by atomic mass is 10.0. The van der Waals surface area contributed by atoms with Gasteiger partial charge in [0.05, 0.1) is 12.2 Å². The van der Waals surface area contributed by atoms with Gasteiger partial charge in [-0.2, -0.15) is 8.62 Å². The molecule has 1 aliphatic rings. The maximum Gasteiger partial charge on any atom is 0.490 e. The normalized spacial score (nSPS) is 27.6. The van der Waals surface area contributed by atoms with E-state index in [1.807, 2.05) is 0 Å². The van der Waals surface area contributed by atoms with E-state index in [0.29, 0.717) is 6.20 Å².